The Kier molecular flexibility index (Phi) is 4.44. The van der Waals surface area contributed by atoms with E-state index in [0.29, 0.717) is 12.2 Å². The Balaban J connectivity index is 1.63. The Labute approximate surface area is 138 Å². The van der Waals surface area contributed by atoms with Crippen LogP contribution in [0.2, 0.25) is 0 Å². The molecule has 0 radical (unpaired) electrons. The summed E-state index contributed by atoms with van der Waals surface area (Å²) in [4.78, 5) is 18.1. The van der Waals surface area contributed by atoms with E-state index in [2.05, 4.69) is 36.0 Å². The van der Waals surface area contributed by atoms with Gasteiger partial charge in [-0.3, -0.25) is 9.69 Å². The first-order valence-electron chi connectivity index (χ1n) is 8.57. The first-order chi connectivity index (χ1) is 11.0. The van der Waals surface area contributed by atoms with Crippen LogP contribution in [0.3, 0.4) is 0 Å². The maximum Gasteiger partial charge on any atom is 0.267 e. The van der Waals surface area contributed by atoms with Crippen LogP contribution < -0.4 is 5.32 Å². The second-order valence-electron chi connectivity index (χ2n) is 7.46. The molecule has 1 aromatic carbocycles. The molecule has 1 fully saturated rings. The Morgan fingerprint density at radius 2 is 2.17 bits per heavy atom. The molecule has 23 heavy (non-hydrogen) atoms. The third-order valence-corrected chi connectivity index (χ3v) is 4.97. The maximum absolute atomic E-state index is 12.4. The number of nitrogens with zero attached hydrogens (tertiary/aromatic N) is 1. The maximum atomic E-state index is 12.4. The number of hydrogen-bond donors (Lipinski definition) is 2. The highest BCUT2D eigenvalue weighted by Gasteiger charge is 2.30. The molecule has 2 heterocycles. The van der Waals surface area contributed by atoms with Gasteiger partial charge in [-0.25, -0.2) is 0 Å². The van der Waals surface area contributed by atoms with Gasteiger partial charge in [0.15, 0.2) is 0 Å². The summed E-state index contributed by atoms with van der Waals surface area (Å²) in [5, 5.41) is 4.17. The van der Waals surface area contributed by atoms with Crippen molar-refractivity contribution in [3.63, 3.8) is 0 Å². The van der Waals surface area contributed by atoms with Gasteiger partial charge in [0.2, 0.25) is 0 Å². The minimum Gasteiger partial charge on any atom is -0.351 e. The number of nitrogens with one attached hydrogen (secondary N) is 2. The standard InChI is InChI=1S/C19H27N3O/c1-14-7-6-10-22(12-14)19(2,3)13-20-18(23)17-11-15-8-4-5-9-16(15)21-17/h4-5,8-9,11,14,21H,6-7,10,12-13H2,1-3H3,(H,20,23). The molecule has 1 saturated heterocycles. The zero-order chi connectivity index (χ0) is 16.4. The lowest BCUT2D eigenvalue weighted by atomic mass is 9.93. The molecular weight excluding hydrogens is 286 g/mol. The number of hydrogen-bond acceptors (Lipinski definition) is 2. The summed E-state index contributed by atoms with van der Waals surface area (Å²) in [6.45, 7) is 9.65. The van der Waals surface area contributed by atoms with Crippen molar-refractivity contribution in [3.8, 4) is 0 Å². The van der Waals surface area contributed by atoms with Crippen molar-refractivity contribution in [2.75, 3.05) is 19.6 Å². The summed E-state index contributed by atoms with van der Waals surface area (Å²) in [6.07, 6.45) is 2.56. The van der Waals surface area contributed by atoms with Gasteiger partial charge in [0.25, 0.3) is 5.91 Å². The predicted molar refractivity (Wildman–Crippen MR) is 94.7 cm³/mol. The molecule has 1 aliphatic heterocycles. The largest absolute Gasteiger partial charge is 0.351 e. The summed E-state index contributed by atoms with van der Waals surface area (Å²) < 4.78 is 0. The minimum absolute atomic E-state index is 0.0175. The highest BCUT2D eigenvalue weighted by molar-refractivity contribution is 5.98. The smallest absolute Gasteiger partial charge is 0.267 e. The molecule has 4 nitrogen and oxygen atoms in total. The summed E-state index contributed by atoms with van der Waals surface area (Å²) >= 11 is 0. The van der Waals surface area contributed by atoms with Crippen molar-refractivity contribution in [3.05, 3.63) is 36.0 Å². The van der Waals surface area contributed by atoms with Gasteiger partial charge in [-0.1, -0.05) is 25.1 Å². The Hall–Kier alpha value is -1.81. The summed E-state index contributed by atoms with van der Waals surface area (Å²) in [5.41, 5.74) is 1.62. The molecule has 0 bridgehead atoms. The number of piperidine rings is 1. The zero-order valence-corrected chi connectivity index (χ0v) is 14.4. The van der Waals surface area contributed by atoms with Crippen LogP contribution in [0.15, 0.2) is 30.3 Å². The average molecular weight is 313 g/mol. The van der Waals surface area contributed by atoms with Crippen LogP contribution in [-0.2, 0) is 0 Å². The lowest BCUT2D eigenvalue weighted by molar-refractivity contribution is 0.0656. The molecule has 2 aromatic rings. The normalized spacial score (nSPS) is 19.9. The van der Waals surface area contributed by atoms with Crippen molar-refractivity contribution in [1.82, 2.24) is 15.2 Å². The van der Waals surface area contributed by atoms with E-state index in [9.17, 15) is 4.79 Å². The van der Waals surface area contributed by atoms with Crippen molar-refractivity contribution in [1.29, 1.82) is 0 Å². The van der Waals surface area contributed by atoms with Crippen molar-refractivity contribution >= 4 is 16.8 Å². The summed E-state index contributed by atoms with van der Waals surface area (Å²) in [6, 6.07) is 9.88. The van der Waals surface area contributed by atoms with Crippen molar-refractivity contribution in [2.24, 2.45) is 5.92 Å². The van der Waals surface area contributed by atoms with Gasteiger partial charge in [0.1, 0.15) is 5.69 Å². The molecule has 1 aromatic heterocycles. The first kappa shape index (κ1) is 16.1. The molecular formula is C19H27N3O. The number of benzene rings is 1. The number of carbonyl (C=O) groups excluding carboxylic acids is 1. The van der Waals surface area contributed by atoms with Gasteiger partial charge < -0.3 is 10.3 Å². The Morgan fingerprint density at radius 3 is 2.91 bits per heavy atom. The fourth-order valence-electron chi connectivity index (χ4n) is 3.44. The molecule has 1 amide bonds. The van der Waals surface area contributed by atoms with E-state index in [1.807, 2.05) is 30.3 Å². The highest BCUT2D eigenvalue weighted by Crippen LogP contribution is 2.23. The van der Waals surface area contributed by atoms with Crippen LogP contribution in [0.1, 0.15) is 44.1 Å². The highest BCUT2D eigenvalue weighted by atomic mass is 16.1. The minimum atomic E-state index is -0.0284. The van der Waals surface area contributed by atoms with Gasteiger partial charge in [-0.05, 0) is 51.3 Å². The fourth-order valence-corrected chi connectivity index (χ4v) is 3.44. The molecule has 1 aliphatic rings. The van der Waals surface area contributed by atoms with Crippen molar-refractivity contribution < 1.29 is 4.79 Å². The number of fused-ring (bicyclic) bond motifs is 1. The molecule has 2 N–H and O–H groups in total. The predicted octanol–water partition coefficient (Wildman–Crippen LogP) is 3.41. The monoisotopic (exact) mass is 313 g/mol. The first-order valence-corrected chi connectivity index (χ1v) is 8.57. The molecule has 1 unspecified atom stereocenters. The topological polar surface area (TPSA) is 48.1 Å². The van der Waals surface area contributed by atoms with E-state index in [0.717, 1.165) is 29.9 Å². The van der Waals surface area contributed by atoms with Crippen LogP contribution in [-0.4, -0.2) is 41.0 Å². The van der Waals surface area contributed by atoms with Crippen LogP contribution >= 0.6 is 0 Å². The van der Waals surface area contributed by atoms with E-state index < -0.39 is 0 Å². The third-order valence-electron chi connectivity index (χ3n) is 4.97. The van der Waals surface area contributed by atoms with E-state index in [1.54, 1.807) is 0 Å². The second kappa shape index (κ2) is 6.36. The van der Waals surface area contributed by atoms with E-state index in [-0.39, 0.29) is 11.4 Å². The van der Waals surface area contributed by atoms with E-state index in [1.165, 1.54) is 12.8 Å². The van der Waals surface area contributed by atoms with Crippen LogP contribution in [0.4, 0.5) is 0 Å². The van der Waals surface area contributed by atoms with Gasteiger partial charge in [0, 0.05) is 29.5 Å². The third kappa shape index (κ3) is 3.58. The summed E-state index contributed by atoms with van der Waals surface area (Å²) in [5.74, 6) is 0.715. The Bertz CT molecular complexity index is 656. The number of carbonyl (C=O) groups is 1. The number of para-hydroxylation sites is 1. The lowest BCUT2D eigenvalue weighted by Gasteiger charge is -2.43. The second-order valence-corrected chi connectivity index (χ2v) is 7.46. The lowest BCUT2D eigenvalue weighted by Crippen LogP contribution is -2.54. The number of aromatic amines is 1. The summed E-state index contributed by atoms with van der Waals surface area (Å²) in [7, 11) is 0. The number of H-pyrrole nitrogens is 1. The van der Waals surface area contributed by atoms with E-state index in [4.69, 9.17) is 0 Å². The number of rotatable bonds is 4. The zero-order valence-electron chi connectivity index (χ0n) is 14.4. The number of likely N-dealkylation sites (tertiary alicyclic amines) is 1. The van der Waals surface area contributed by atoms with Gasteiger partial charge in [-0.2, -0.15) is 0 Å². The molecule has 0 spiro atoms. The SMILES string of the molecule is CC1CCCN(C(C)(C)CNC(=O)c2cc3ccccc3[nH]2)C1. The average Bonchev–Trinajstić information content (AvgIpc) is 2.97. The van der Waals surface area contributed by atoms with Gasteiger partial charge in [0.05, 0.1) is 0 Å². The molecule has 1 atom stereocenters. The molecule has 3 rings (SSSR count). The molecule has 0 saturated carbocycles. The quantitative estimate of drug-likeness (QED) is 0.909. The fraction of sp³-hybridized carbons (Fsp3) is 0.526. The van der Waals surface area contributed by atoms with Crippen LogP contribution in [0.5, 0.6) is 0 Å². The van der Waals surface area contributed by atoms with Crippen molar-refractivity contribution in [2.45, 2.75) is 39.2 Å². The van der Waals surface area contributed by atoms with Gasteiger partial charge in [-0.15, -0.1) is 0 Å². The number of aromatic nitrogens is 1. The van der Waals surface area contributed by atoms with Crippen LogP contribution in [0, 0.1) is 5.92 Å². The Morgan fingerprint density at radius 1 is 1.39 bits per heavy atom. The molecule has 124 valence electrons. The van der Waals surface area contributed by atoms with Gasteiger partial charge >= 0.3 is 0 Å². The molecule has 0 aliphatic carbocycles. The number of amides is 1. The molecule has 4 heteroatoms. The van der Waals surface area contributed by atoms with E-state index >= 15 is 0 Å². The van der Waals surface area contributed by atoms with Crippen LogP contribution in [0.25, 0.3) is 10.9 Å².